The van der Waals surface area contributed by atoms with Crippen LogP contribution in [0.3, 0.4) is 0 Å². The van der Waals surface area contributed by atoms with Gasteiger partial charge in [-0.1, -0.05) is 36.2 Å². The monoisotopic (exact) mass is 318 g/mol. The summed E-state index contributed by atoms with van der Waals surface area (Å²) in [5, 5.41) is 12.2. The number of hydrogen-bond acceptors (Lipinski definition) is 2. The Morgan fingerprint density at radius 3 is 2.50 bits per heavy atom. The summed E-state index contributed by atoms with van der Waals surface area (Å²) in [6, 6.07) is 1.87. The van der Waals surface area contributed by atoms with Gasteiger partial charge in [-0.2, -0.15) is 0 Å². The molecule has 20 heavy (non-hydrogen) atoms. The van der Waals surface area contributed by atoms with Crippen molar-refractivity contribution in [3.63, 3.8) is 0 Å². The van der Waals surface area contributed by atoms with Crippen molar-refractivity contribution in [2.45, 2.75) is 26.3 Å². The van der Waals surface area contributed by atoms with Crippen LogP contribution in [0.15, 0.2) is 12.1 Å². The molecule has 2 N–H and O–H groups in total. The zero-order valence-corrected chi connectivity index (χ0v) is 12.9. The molecular weight excluding hydrogens is 303 g/mol. The van der Waals surface area contributed by atoms with Gasteiger partial charge in [0.1, 0.15) is 6.04 Å². The molecule has 0 aliphatic rings. The number of aryl methyl sites for hydroxylation is 1. The van der Waals surface area contributed by atoms with Crippen LogP contribution in [-0.2, 0) is 4.79 Å². The summed E-state index contributed by atoms with van der Waals surface area (Å²) in [4.78, 5) is 24.2. The molecule has 1 aromatic carbocycles. The molecule has 1 rings (SSSR count). The number of urea groups is 1. The average Bonchev–Trinajstić information content (AvgIpc) is 2.39. The second kappa shape index (κ2) is 6.81. The molecule has 0 aliphatic carbocycles. The Hall–Kier alpha value is -1.46. The van der Waals surface area contributed by atoms with E-state index in [1.807, 2.05) is 0 Å². The van der Waals surface area contributed by atoms with Crippen molar-refractivity contribution < 1.29 is 14.7 Å². The van der Waals surface area contributed by atoms with Gasteiger partial charge in [0.05, 0.1) is 15.7 Å². The molecule has 0 spiro atoms. The molecule has 1 atom stereocenters. The lowest BCUT2D eigenvalue weighted by Crippen LogP contribution is -2.44. The number of amides is 2. The number of anilines is 1. The van der Waals surface area contributed by atoms with Gasteiger partial charge in [-0.3, -0.25) is 0 Å². The number of benzene rings is 1. The molecule has 0 aliphatic heterocycles. The lowest BCUT2D eigenvalue weighted by atomic mass is 10.2. The van der Waals surface area contributed by atoms with Crippen LogP contribution >= 0.6 is 23.2 Å². The number of nitrogens with zero attached hydrogens (tertiary/aromatic N) is 1. The van der Waals surface area contributed by atoms with Crippen molar-refractivity contribution in [2.75, 3.05) is 12.4 Å². The minimum Gasteiger partial charge on any atom is -0.480 e. The van der Waals surface area contributed by atoms with Gasteiger partial charge in [0.2, 0.25) is 0 Å². The van der Waals surface area contributed by atoms with E-state index in [0.717, 1.165) is 10.5 Å². The normalized spacial score (nSPS) is 11.8. The quantitative estimate of drug-likeness (QED) is 0.890. The number of hydrogen-bond donors (Lipinski definition) is 2. The highest BCUT2D eigenvalue weighted by Crippen LogP contribution is 2.33. The van der Waals surface area contributed by atoms with Crippen molar-refractivity contribution in [1.29, 1.82) is 0 Å². The number of halogens is 2. The first-order valence-electron chi connectivity index (χ1n) is 6.00. The van der Waals surface area contributed by atoms with Gasteiger partial charge in [-0.05, 0) is 25.0 Å². The van der Waals surface area contributed by atoms with Crippen LogP contribution in [0.1, 0.15) is 18.9 Å². The van der Waals surface area contributed by atoms with E-state index in [1.165, 1.54) is 7.05 Å². The summed E-state index contributed by atoms with van der Waals surface area (Å²) < 4.78 is 0. The smallest absolute Gasteiger partial charge is 0.326 e. The van der Waals surface area contributed by atoms with E-state index >= 15 is 0 Å². The fraction of sp³-hybridized carbons (Fsp3) is 0.385. The number of carboxylic acid groups (broad SMARTS) is 1. The van der Waals surface area contributed by atoms with Crippen molar-refractivity contribution in [3.8, 4) is 0 Å². The van der Waals surface area contributed by atoms with E-state index in [1.54, 1.807) is 26.0 Å². The zero-order chi connectivity index (χ0) is 15.4. The molecule has 7 heteroatoms. The number of carboxylic acids is 1. The highest BCUT2D eigenvalue weighted by Gasteiger charge is 2.25. The van der Waals surface area contributed by atoms with E-state index in [2.05, 4.69) is 5.32 Å². The summed E-state index contributed by atoms with van der Waals surface area (Å²) >= 11 is 12.1. The number of nitrogens with one attached hydrogen (secondary N) is 1. The molecule has 110 valence electrons. The number of carbonyl (C=O) groups excluding carboxylic acids is 1. The molecular formula is C13H16Cl2N2O3. The van der Waals surface area contributed by atoms with Crippen molar-refractivity contribution in [3.05, 3.63) is 27.7 Å². The Bertz CT molecular complexity index is 535. The van der Waals surface area contributed by atoms with Gasteiger partial charge in [0, 0.05) is 7.05 Å². The lowest BCUT2D eigenvalue weighted by Gasteiger charge is -2.24. The minimum absolute atomic E-state index is 0.283. The van der Waals surface area contributed by atoms with Crippen LogP contribution in [0.4, 0.5) is 10.5 Å². The van der Waals surface area contributed by atoms with Gasteiger partial charge < -0.3 is 15.3 Å². The fourth-order valence-corrected chi connectivity index (χ4v) is 2.19. The van der Waals surface area contributed by atoms with Crippen LogP contribution in [0.25, 0.3) is 0 Å². The van der Waals surface area contributed by atoms with E-state index in [-0.39, 0.29) is 5.69 Å². The maximum Gasteiger partial charge on any atom is 0.326 e. The van der Waals surface area contributed by atoms with Crippen LogP contribution in [0.2, 0.25) is 10.0 Å². The van der Waals surface area contributed by atoms with E-state index in [0.29, 0.717) is 16.5 Å². The molecule has 5 nitrogen and oxygen atoms in total. The van der Waals surface area contributed by atoms with E-state index in [4.69, 9.17) is 28.3 Å². The maximum atomic E-state index is 12.1. The Morgan fingerprint density at radius 1 is 1.40 bits per heavy atom. The van der Waals surface area contributed by atoms with E-state index in [9.17, 15) is 9.59 Å². The summed E-state index contributed by atoms with van der Waals surface area (Å²) in [5.41, 5.74) is 1.05. The molecule has 1 unspecified atom stereocenters. The third kappa shape index (κ3) is 3.55. The van der Waals surface area contributed by atoms with Crippen molar-refractivity contribution in [1.82, 2.24) is 4.90 Å². The van der Waals surface area contributed by atoms with Gasteiger partial charge >= 0.3 is 12.0 Å². The standard InChI is InChI=1S/C13H16Cl2N2O3/c1-4-9(12(18)19)17(3)13(20)16-11-8(14)6-5-7(2)10(11)15/h5-6,9H,4H2,1-3H3,(H,16,20)(H,18,19). The summed E-state index contributed by atoms with van der Waals surface area (Å²) in [6.07, 6.45) is 0.300. The second-order valence-electron chi connectivity index (χ2n) is 4.36. The summed E-state index contributed by atoms with van der Waals surface area (Å²) in [7, 11) is 1.41. The van der Waals surface area contributed by atoms with Crippen LogP contribution in [-0.4, -0.2) is 35.1 Å². The predicted octanol–water partition coefficient (Wildman–Crippen LogP) is 3.63. The van der Waals surface area contributed by atoms with Crippen molar-refractivity contribution >= 4 is 40.9 Å². The van der Waals surface area contributed by atoms with Gasteiger partial charge in [-0.25, -0.2) is 9.59 Å². The third-order valence-electron chi connectivity index (χ3n) is 2.98. The van der Waals surface area contributed by atoms with Gasteiger partial charge in [0.25, 0.3) is 0 Å². The largest absolute Gasteiger partial charge is 0.480 e. The SMILES string of the molecule is CCC(C(=O)O)N(C)C(=O)Nc1c(Cl)ccc(C)c1Cl. The fourth-order valence-electron chi connectivity index (χ4n) is 1.72. The summed E-state index contributed by atoms with van der Waals surface area (Å²) in [6.45, 7) is 3.47. The highest BCUT2D eigenvalue weighted by molar-refractivity contribution is 6.40. The zero-order valence-electron chi connectivity index (χ0n) is 11.4. The molecule has 0 radical (unpaired) electrons. The molecule has 0 heterocycles. The maximum absolute atomic E-state index is 12.1. The second-order valence-corrected chi connectivity index (χ2v) is 5.14. The lowest BCUT2D eigenvalue weighted by molar-refractivity contribution is -0.141. The first-order chi connectivity index (χ1) is 9.29. The van der Waals surface area contributed by atoms with Gasteiger partial charge in [0.15, 0.2) is 0 Å². The molecule has 0 saturated heterocycles. The molecule has 0 saturated carbocycles. The molecule has 0 aromatic heterocycles. The topological polar surface area (TPSA) is 69.6 Å². The summed E-state index contributed by atoms with van der Waals surface area (Å²) in [5.74, 6) is -1.06. The minimum atomic E-state index is -1.06. The predicted molar refractivity (Wildman–Crippen MR) is 79.7 cm³/mol. The van der Waals surface area contributed by atoms with Crippen molar-refractivity contribution in [2.24, 2.45) is 0 Å². The highest BCUT2D eigenvalue weighted by atomic mass is 35.5. The molecule has 0 fully saturated rings. The van der Waals surface area contributed by atoms with E-state index < -0.39 is 18.0 Å². The van der Waals surface area contributed by atoms with Crippen LogP contribution in [0.5, 0.6) is 0 Å². The molecule has 0 bridgehead atoms. The van der Waals surface area contributed by atoms with Crippen LogP contribution < -0.4 is 5.32 Å². The number of carbonyl (C=O) groups is 2. The number of rotatable bonds is 4. The molecule has 1 aromatic rings. The Morgan fingerprint density at radius 2 is 2.00 bits per heavy atom. The number of aliphatic carboxylic acids is 1. The van der Waals surface area contributed by atoms with Gasteiger partial charge in [-0.15, -0.1) is 0 Å². The van der Waals surface area contributed by atoms with Crippen LogP contribution in [0, 0.1) is 6.92 Å². The number of likely N-dealkylation sites (N-methyl/N-ethyl adjacent to an activating group) is 1. The first kappa shape index (κ1) is 16.6. The first-order valence-corrected chi connectivity index (χ1v) is 6.76. The Kier molecular flexibility index (Phi) is 5.65. The third-order valence-corrected chi connectivity index (χ3v) is 3.78. The average molecular weight is 319 g/mol. The Labute approximate surface area is 127 Å². The molecule has 2 amide bonds. The Balaban J connectivity index is 2.97.